The van der Waals surface area contributed by atoms with Crippen molar-refractivity contribution in [3.05, 3.63) is 78.3 Å². The summed E-state index contributed by atoms with van der Waals surface area (Å²) in [5.74, 6) is 0.575. The number of imidazole rings is 1. The van der Waals surface area contributed by atoms with Gasteiger partial charge in [0.2, 0.25) is 0 Å². The van der Waals surface area contributed by atoms with Gasteiger partial charge in [-0.15, -0.1) is 0 Å². The predicted molar refractivity (Wildman–Crippen MR) is 122 cm³/mol. The molecule has 6 rings (SSSR count). The van der Waals surface area contributed by atoms with E-state index in [1.54, 1.807) is 29.6 Å². The highest BCUT2D eigenvalue weighted by Gasteiger charge is 2.34. The lowest BCUT2D eigenvalue weighted by Crippen LogP contribution is -2.51. The van der Waals surface area contributed by atoms with E-state index in [-0.39, 0.29) is 17.8 Å². The summed E-state index contributed by atoms with van der Waals surface area (Å²) in [6, 6.07) is 3.66. The SMILES string of the molecule is O=C(c1cnoc1)N1CCN(c2ccnc(-c3cnc4ccc(C(F)(F)F)cn34)n2)CC1c1cn[nH]c1. The minimum atomic E-state index is -4.50. The molecule has 0 radical (unpaired) electrons. The summed E-state index contributed by atoms with van der Waals surface area (Å²) in [4.78, 5) is 29.9. The third-order valence-electron chi connectivity index (χ3n) is 6.25. The molecule has 1 aliphatic rings. The molecule has 0 bridgehead atoms. The Bertz CT molecular complexity index is 1550. The van der Waals surface area contributed by atoms with Crippen molar-refractivity contribution in [3.63, 3.8) is 0 Å². The van der Waals surface area contributed by atoms with Gasteiger partial charge in [0.1, 0.15) is 23.4 Å². The summed E-state index contributed by atoms with van der Waals surface area (Å²) >= 11 is 0. The first-order valence-corrected chi connectivity index (χ1v) is 11.2. The number of nitrogens with one attached hydrogen (secondary N) is 1. The molecule has 1 atom stereocenters. The number of halogens is 3. The fourth-order valence-corrected chi connectivity index (χ4v) is 4.40. The third kappa shape index (κ3) is 4.15. The lowest BCUT2D eigenvalue weighted by molar-refractivity contribution is -0.137. The van der Waals surface area contributed by atoms with E-state index in [9.17, 15) is 18.0 Å². The van der Waals surface area contributed by atoms with Crippen LogP contribution in [0.25, 0.3) is 17.2 Å². The van der Waals surface area contributed by atoms with Crippen molar-refractivity contribution >= 4 is 17.4 Å². The molecule has 37 heavy (non-hydrogen) atoms. The Morgan fingerprint density at radius 3 is 2.76 bits per heavy atom. The van der Waals surface area contributed by atoms with Crippen LogP contribution in [0.3, 0.4) is 0 Å². The lowest BCUT2D eigenvalue weighted by Gasteiger charge is -2.41. The number of carbonyl (C=O) groups is 1. The van der Waals surface area contributed by atoms with Crippen LogP contribution in [0.5, 0.6) is 0 Å². The fraction of sp³-hybridized carbons (Fsp3) is 0.217. The number of nitrogens with zero attached hydrogens (tertiary/aromatic N) is 8. The first-order chi connectivity index (χ1) is 17.9. The van der Waals surface area contributed by atoms with Crippen molar-refractivity contribution in [2.75, 3.05) is 24.5 Å². The molecule has 14 heteroatoms. The summed E-state index contributed by atoms with van der Waals surface area (Å²) in [6.07, 6.45) is 5.54. The second-order valence-corrected chi connectivity index (χ2v) is 8.43. The van der Waals surface area contributed by atoms with E-state index in [1.807, 2.05) is 4.90 Å². The van der Waals surface area contributed by atoms with Gasteiger partial charge in [0.25, 0.3) is 5.91 Å². The summed E-state index contributed by atoms with van der Waals surface area (Å²) in [7, 11) is 0. The molecule has 5 aromatic rings. The molecule has 0 aromatic carbocycles. The minimum absolute atomic E-state index is 0.221. The van der Waals surface area contributed by atoms with Gasteiger partial charge in [0, 0.05) is 43.8 Å². The maximum Gasteiger partial charge on any atom is 0.417 e. The molecular formula is C23H18F3N9O2. The van der Waals surface area contributed by atoms with Crippen molar-refractivity contribution in [2.24, 2.45) is 0 Å². The molecule has 1 fully saturated rings. The van der Waals surface area contributed by atoms with Gasteiger partial charge in [-0.3, -0.25) is 14.3 Å². The van der Waals surface area contributed by atoms with Gasteiger partial charge in [0.15, 0.2) is 5.82 Å². The van der Waals surface area contributed by atoms with Gasteiger partial charge in [-0.1, -0.05) is 5.16 Å². The number of aromatic nitrogens is 7. The number of alkyl halides is 3. The number of anilines is 1. The Kier molecular flexibility index (Phi) is 5.35. The monoisotopic (exact) mass is 509 g/mol. The average molecular weight is 509 g/mol. The molecule has 0 aliphatic carbocycles. The number of hydrogen-bond acceptors (Lipinski definition) is 8. The van der Waals surface area contributed by atoms with Crippen LogP contribution in [-0.4, -0.2) is 65.1 Å². The molecule has 0 saturated carbocycles. The number of fused-ring (bicyclic) bond motifs is 1. The van der Waals surface area contributed by atoms with E-state index < -0.39 is 11.7 Å². The number of piperazine rings is 1. The molecule has 11 nitrogen and oxygen atoms in total. The molecule has 0 spiro atoms. The van der Waals surface area contributed by atoms with Crippen molar-refractivity contribution in [2.45, 2.75) is 12.2 Å². The number of amides is 1. The first kappa shape index (κ1) is 22.7. The van der Waals surface area contributed by atoms with Crippen molar-refractivity contribution in [1.29, 1.82) is 0 Å². The minimum Gasteiger partial charge on any atom is -0.364 e. The maximum atomic E-state index is 13.3. The second-order valence-electron chi connectivity index (χ2n) is 8.43. The number of hydrogen-bond donors (Lipinski definition) is 1. The van der Waals surface area contributed by atoms with E-state index >= 15 is 0 Å². The van der Waals surface area contributed by atoms with Crippen LogP contribution in [0, 0.1) is 0 Å². The molecule has 5 aromatic heterocycles. The standard InChI is InChI=1S/C23H18F3N9O2/c24-23(25,26)16-1-2-19-28-10-17(35(19)11-16)21-27-4-3-20(32-21)33-5-6-34(22(36)15-9-31-37-13-15)18(12-33)14-7-29-30-8-14/h1-4,7-11,13,18H,5-6,12H2,(H,29,30). The van der Waals surface area contributed by atoms with E-state index in [0.29, 0.717) is 42.4 Å². The molecule has 1 amide bonds. The number of H-pyrrole nitrogens is 1. The highest BCUT2D eigenvalue weighted by molar-refractivity contribution is 5.94. The maximum absolute atomic E-state index is 13.3. The van der Waals surface area contributed by atoms with E-state index in [4.69, 9.17) is 4.52 Å². The summed E-state index contributed by atoms with van der Waals surface area (Å²) < 4.78 is 46.0. The van der Waals surface area contributed by atoms with Crippen molar-refractivity contribution < 1.29 is 22.5 Å². The van der Waals surface area contributed by atoms with Gasteiger partial charge in [-0.25, -0.2) is 15.0 Å². The van der Waals surface area contributed by atoms with Gasteiger partial charge in [0.05, 0.1) is 35.8 Å². The fourth-order valence-electron chi connectivity index (χ4n) is 4.40. The molecule has 1 aliphatic heterocycles. The smallest absolute Gasteiger partial charge is 0.364 e. The van der Waals surface area contributed by atoms with Gasteiger partial charge >= 0.3 is 6.18 Å². The Morgan fingerprint density at radius 1 is 1.11 bits per heavy atom. The Morgan fingerprint density at radius 2 is 2.00 bits per heavy atom. The lowest BCUT2D eigenvalue weighted by atomic mass is 10.0. The summed E-state index contributed by atoms with van der Waals surface area (Å²) in [5, 5.41) is 10.4. The van der Waals surface area contributed by atoms with E-state index in [1.165, 1.54) is 29.1 Å². The molecule has 188 valence electrons. The van der Waals surface area contributed by atoms with Crippen LogP contribution < -0.4 is 4.90 Å². The zero-order chi connectivity index (χ0) is 25.6. The first-order valence-electron chi connectivity index (χ1n) is 11.2. The van der Waals surface area contributed by atoms with Crippen molar-refractivity contribution in [3.8, 4) is 11.5 Å². The van der Waals surface area contributed by atoms with Crippen LogP contribution >= 0.6 is 0 Å². The highest BCUT2D eigenvalue weighted by Crippen LogP contribution is 2.32. The number of rotatable bonds is 4. The molecular weight excluding hydrogens is 491 g/mol. The van der Waals surface area contributed by atoms with Crippen LogP contribution in [0.2, 0.25) is 0 Å². The Hall–Kier alpha value is -4.75. The van der Waals surface area contributed by atoms with E-state index in [2.05, 4.69) is 30.3 Å². The second kappa shape index (κ2) is 8.72. The average Bonchev–Trinajstić information content (AvgIpc) is 3.69. The zero-order valence-corrected chi connectivity index (χ0v) is 19.0. The Labute approximate surface area is 206 Å². The van der Waals surface area contributed by atoms with Crippen molar-refractivity contribution in [1.82, 2.24) is 39.6 Å². The molecule has 1 saturated heterocycles. The molecule has 1 N–H and O–H groups in total. The van der Waals surface area contributed by atoms with Gasteiger partial charge < -0.3 is 14.3 Å². The van der Waals surface area contributed by atoms with Crippen LogP contribution in [0.15, 0.2) is 66.2 Å². The predicted octanol–water partition coefficient (Wildman–Crippen LogP) is 3.22. The summed E-state index contributed by atoms with van der Waals surface area (Å²) in [6.45, 7) is 1.25. The highest BCUT2D eigenvalue weighted by atomic mass is 19.4. The van der Waals surface area contributed by atoms with Crippen LogP contribution in [0.4, 0.5) is 19.0 Å². The number of aromatic amines is 1. The normalized spacial score (nSPS) is 16.5. The largest absolute Gasteiger partial charge is 0.417 e. The third-order valence-corrected chi connectivity index (χ3v) is 6.25. The van der Waals surface area contributed by atoms with Gasteiger partial charge in [-0.2, -0.15) is 18.3 Å². The van der Waals surface area contributed by atoms with Crippen LogP contribution in [0.1, 0.15) is 27.5 Å². The Balaban J connectivity index is 1.32. The zero-order valence-electron chi connectivity index (χ0n) is 19.0. The van der Waals surface area contributed by atoms with Crippen LogP contribution in [-0.2, 0) is 6.18 Å². The topological polar surface area (TPSA) is 121 Å². The molecule has 6 heterocycles. The number of pyridine rings is 1. The molecule has 1 unspecified atom stereocenters. The van der Waals surface area contributed by atoms with E-state index in [0.717, 1.165) is 17.8 Å². The van der Waals surface area contributed by atoms with Gasteiger partial charge in [-0.05, 0) is 18.2 Å². The number of carbonyl (C=O) groups excluding carboxylic acids is 1. The quantitative estimate of drug-likeness (QED) is 0.392. The summed E-state index contributed by atoms with van der Waals surface area (Å²) in [5.41, 5.74) is 1.03.